The summed E-state index contributed by atoms with van der Waals surface area (Å²) >= 11 is 0. The van der Waals surface area contributed by atoms with Crippen LogP contribution in [0.4, 0.5) is 10.1 Å². The maximum atomic E-state index is 13.6. The number of hydrogen-bond donors (Lipinski definition) is 1. The topological polar surface area (TPSA) is 15.3 Å². The van der Waals surface area contributed by atoms with Gasteiger partial charge in [-0.2, -0.15) is 0 Å². The predicted octanol–water partition coefficient (Wildman–Crippen LogP) is 4.09. The van der Waals surface area contributed by atoms with E-state index in [4.69, 9.17) is 0 Å². The fourth-order valence-corrected chi connectivity index (χ4v) is 3.25. The summed E-state index contributed by atoms with van der Waals surface area (Å²) < 4.78 is 13.6. The molecule has 2 rings (SSSR count). The van der Waals surface area contributed by atoms with E-state index in [-0.39, 0.29) is 5.82 Å². The molecule has 2 nitrogen and oxygen atoms in total. The second kappa shape index (κ2) is 7.07. The number of nitrogens with one attached hydrogen (secondary N) is 1. The zero-order valence-electron chi connectivity index (χ0n) is 13.0. The first kappa shape index (κ1) is 15.3. The smallest absolute Gasteiger partial charge is 0.123 e. The molecule has 2 atom stereocenters. The van der Waals surface area contributed by atoms with Gasteiger partial charge in [-0.05, 0) is 62.9 Å². The molecule has 1 heterocycles. The van der Waals surface area contributed by atoms with Crippen LogP contribution in [0.15, 0.2) is 18.2 Å². The highest BCUT2D eigenvalue weighted by Crippen LogP contribution is 2.34. The molecule has 1 aromatic rings. The molecule has 0 radical (unpaired) electrons. The van der Waals surface area contributed by atoms with E-state index >= 15 is 0 Å². The number of nitrogens with zero attached hydrogens (tertiary/aromatic N) is 1. The van der Waals surface area contributed by atoms with Crippen LogP contribution in [0.25, 0.3) is 0 Å². The molecule has 0 amide bonds. The number of rotatable bonds is 6. The van der Waals surface area contributed by atoms with Crippen LogP contribution >= 0.6 is 0 Å². The van der Waals surface area contributed by atoms with Gasteiger partial charge in [0.15, 0.2) is 0 Å². The van der Waals surface area contributed by atoms with Gasteiger partial charge >= 0.3 is 0 Å². The SMILES string of the molecule is CCCNCc1cc(F)ccc1N1C(C)CCC1CC. The summed E-state index contributed by atoms with van der Waals surface area (Å²) in [6.07, 6.45) is 4.74. The third kappa shape index (κ3) is 3.32. The van der Waals surface area contributed by atoms with Crippen molar-refractivity contribution >= 4 is 5.69 Å². The van der Waals surface area contributed by atoms with Crippen molar-refractivity contribution < 1.29 is 4.39 Å². The first-order chi connectivity index (χ1) is 9.67. The monoisotopic (exact) mass is 278 g/mol. The minimum Gasteiger partial charge on any atom is -0.366 e. The highest BCUT2D eigenvalue weighted by molar-refractivity contribution is 5.56. The highest BCUT2D eigenvalue weighted by atomic mass is 19.1. The summed E-state index contributed by atoms with van der Waals surface area (Å²) in [7, 11) is 0. The maximum Gasteiger partial charge on any atom is 0.123 e. The van der Waals surface area contributed by atoms with E-state index in [9.17, 15) is 4.39 Å². The molecule has 112 valence electrons. The molecule has 1 fully saturated rings. The Morgan fingerprint density at radius 3 is 2.80 bits per heavy atom. The Kier molecular flexibility index (Phi) is 5.41. The summed E-state index contributed by atoms with van der Waals surface area (Å²) in [5.41, 5.74) is 2.30. The Labute approximate surface area is 122 Å². The molecule has 0 aliphatic carbocycles. The van der Waals surface area contributed by atoms with E-state index in [0.717, 1.165) is 31.5 Å². The summed E-state index contributed by atoms with van der Waals surface area (Å²) in [6.45, 7) is 8.40. The Hall–Kier alpha value is -1.09. The highest BCUT2D eigenvalue weighted by Gasteiger charge is 2.30. The van der Waals surface area contributed by atoms with E-state index in [1.165, 1.54) is 18.5 Å². The predicted molar refractivity (Wildman–Crippen MR) is 83.7 cm³/mol. The van der Waals surface area contributed by atoms with Gasteiger partial charge in [-0.15, -0.1) is 0 Å². The lowest BCUT2D eigenvalue weighted by Crippen LogP contribution is -2.35. The third-order valence-corrected chi connectivity index (χ3v) is 4.32. The number of benzene rings is 1. The van der Waals surface area contributed by atoms with Gasteiger partial charge in [0.2, 0.25) is 0 Å². The third-order valence-electron chi connectivity index (χ3n) is 4.32. The molecule has 0 spiro atoms. The van der Waals surface area contributed by atoms with Crippen LogP contribution in [0.5, 0.6) is 0 Å². The zero-order valence-corrected chi connectivity index (χ0v) is 13.0. The minimum absolute atomic E-state index is 0.137. The van der Waals surface area contributed by atoms with Gasteiger partial charge < -0.3 is 10.2 Å². The van der Waals surface area contributed by atoms with Crippen molar-refractivity contribution in [3.63, 3.8) is 0 Å². The molecule has 0 bridgehead atoms. The molecule has 0 aromatic heterocycles. The largest absolute Gasteiger partial charge is 0.366 e. The average molecular weight is 278 g/mol. The van der Waals surface area contributed by atoms with E-state index in [1.54, 1.807) is 12.1 Å². The van der Waals surface area contributed by atoms with Crippen LogP contribution in [-0.4, -0.2) is 18.6 Å². The summed E-state index contributed by atoms with van der Waals surface area (Å²) in [5.74, 6) is -0.137. The number of hydrogen-bond acceptors (Lipinski definition) is 2. The van der Waals surface area contributed by atoms with Crippen molar-refractivity contribution in [1.29, 1.82) is 0 Å². The van der Waals surface area contributed by atoms with Gasteiger partial charge in [-0.25, -0.2) is 4.39 Å². The van der Waals surface area contributed by atoms with Crippen LogP contribution in [0, 0.1) is 5.82 Å². The van der Waals surface area contributed by atoms with Gasteiger partial charge in [0.1, 0.15) is 5.82 Å². The van der Waals surface area contributed by atoms with Crippen molar-refractivity contribution in [2.24, 2.45) is 0 Å². The van der Waals surface area contributed by atoms with Gasteiger partial charge in [0.25, 0.3) is 0 Å². The summed E-state index contributed by atoms with van der Waals surface area (Å²) in [6, 6.07) is 6.39. The van der Waals surface area contributed by atoms with Crippen LogP contribution < -0.4 is 10.2 Å². The normalized spacial score (nSPS) is 22.5. The maximum absolute atomic E-state index is 13.6. The second-order valence-corrected chi connectivity index (χ2v) is 5.85. The van der Waals surface area contributed by atoms with E-state index in [2.05, 4.69) is 31.0 Å². The van der Waals surface area contributed by atoms with Gasteiger partial charge in [-0.1, -0.05) is 13.8 Å². The lowest BCUT2D eigenvalue weighted by atomic mass is 10.1. The fraction of sp³-hybridized carbons (Fsp3) is 0.647. The van der Waals surface area contributed by atoms with Crippen molar-refractivity contribution in [2.45, 2.75) is 65.1 Å². The molecule has 1 saturated heterocycles. The lowest BCUT2D eigenvalue weighted by molar-refractivity contribution is 0.604. The molecule has 1 aliphatic rings. The van der Waals surface area contributed by atoms with Crippen LogP contribution in [0.2, 0.25) is 0 Å². The molecule has 1 aliphatic heterocycles. The Morgan fingerprint density at radius 1 is 1.30 bits per heavy atom. The molecule has 3 heteroatoms. The molecular formula is C17H27FN2. The lowest BCUT2D eigenvalue weighted by Gasteiger charge is -2.32. The Balaban J connectivity index is 2.25. The zero-order chi connectivity index (χ0) is 14.5. The van der Waals surface area contributed by atoms with Gasteiger partial charge in [0, 0.05) is 24.3 Å². The van der Waals surface area contributed by atoms with Crippen molar-refractivity contribution in [3.05, 3.63) is 29.6 Å². The second-order valence-electron chi connectivity index (χ2n) is 5.85. The van der Waals surface area contributed by atoms with E-state index in [1.807, 2.05) is 6.07 Å². The number of halogens is 1. The van der Waals surface area contributed by atoms with E-state index < -0.39 is 0 Å². The van der Waals surface area contributed by atoms with Crippen LogP contribution in [0.1, 0.15) is 52.0 Å². The fourth-order valence-electron chi connectivity index (χ4n) is 3.25. The molecule has 2 unspecified atom stereocenters. The average Bonchev–Trinajstić information content (AvgIpc) is 2.80. The van der Waals surface area contributed by atoms with Crippen LogP contribution in [-0.2, 0) is 6.54 Å². The first-order valence-electron chi connectivity index (χ1n) is 7.94. The summed E-state index contributed by atoms with van der Waals surface area (Å²) in [5, 5.41) is 3.40. The summed E-state index contributed by atoms with van der Waals surface area (Å²) in [4.78, 5) is 2.50. The van der Waals surface area contributed by atoms with Crippen LogP contribution in [0.3, 0.4) is 0 Å². The molecule has 1 aromatic carbocycles. The molecule has 1 N–H and O–H groups in total. The molecular weight excluding hydrogens is 251 g/mol. The standard InChI is InChI=1S/C17H27FN2/c1-4-10-19-12-14-11-15(18)7-9-17(14)20-13(3)6-8-16(20)5-2/h7,9,11,13,16,19H,4-6,8,10,12H2,1-3H3. The Bertz CT molecular complexity index is 433. The van der Waals surface area contributed by atoms with Crippen molar-refractivity contribution in [2.75, 3.05) is 11.4 Å². The number of anilines is 1. The molecule has 20 heavy (non-hydrogen) atoms. The minimum atomic E-state index is -0.137. The van der Waals surface area contributed by atoms with Gasteiger partial charge in [-0.3, -0.25) is 0 Å². The van der Waals surface area contributed by atoms with E-state index in [0.29, 0.717) is 12.1 Å². The van der Waals surface area contributed by atoms with Gasteiger partial charge in [0.05, 0.1) is 0 Å². The quantitative estimate of drug-likeness (QED) is 0.788. The van der Waals surface area contributed by atoms with Crippen molar-refractivity contribution in [3.8, 4) is 0 Å². The van der Waals surface area contributed by atoms with Crippen molar-refractivity contribution in [1.82, 2.24) is 5.32 Å². The first-order valence-corrected chi connectivity index (χ1v) is 7.94. The Morgan fingerprint density at radius 2 is 2.10 bits per heavy atom. The molecule has 0 saturated carbocycles.